The van der Waals surface area contributed by atoms with E-state index in [1.807, 2.05) is 30.3 Å². The van der Waals surface area contributed by atoms with Crippen LogP contribution >= 0.6 is 12.4 Å². The molecular weight excluding hydrogens is 386 g/mol. The highest BCUT2D eigenvalue weighted by Gasteiger charge is 2.28. The number of nitrogens with two attached hydrogens (primary N) is 1. The normalized spacial score (nSPS) is 12.4. The van der Waals surface area contributed by atoms with Gasteiger partial charge in [-0.3, -0.25) is 4.79 Å². The van der Waals surface area contributed by atoms with Gasteiger partial charge >= 0.3 is 12.1 Å². The summed E-state index contributed by atoms with van der Waals surface area (Å²) in [6.45, 7) is 4.05. The quantitative estimate of drug-likeness (QED) is 0.409. The van der Waals surface area contributed by atoms with Crippen LogP contribution in [0.25, 0.3) is 0 Å². The third-order valence-corrected chi connectivity index (χ3v) is 4.00. The Balaban J connectivity index is 0.00000729. The number of aliphatic carboxylic acids is 1. The van der Waals surface area contributed by atoms with Crippen LogP contribution in [-0.4, -0.2) is 41.7 Å². The second-order valence-corrected chi connectivity index (χ2v) is 6.61. The molecule has 5 N–H and O–H groups in total. The lowest BCUT2D eigenvalue weighted by atomic mass is 10.0. The average Bonchev–Trinajstić information content (AvgIpc) is 2.64. The molecule has 0 aromatic heterocycles. The van der Waals surface area contributed by atoms with Crippen LogP contribution in [0.1, 0.15) is 38.7 Å². The predicted molar refractivity (Wildman–Crippen MR) is 108 cm³/mol. The molecule has 158 valence electrons. The van der Waals surface area contributed by atoms with Gasteiger partial charge in [-0.15, -0.1) is 12.4 Å². The van der Waals surface area contributed by atoms with E-state index in [9.17, 15) is 19.5 Å². The zero-order chi connectivity index (χ0) is 20.2. The number of carbonyl (C=O) groups is 3. The number of benzene rings is 1. The number of alkyl carbamates (subject to hydrolysis) is 1. The molecule has 2 atom stereocenters. The fourth-order valence-electron chi connectivity index (χ4n) is 2.44. The van der Waals surface area contributed by atoms with Crippen LogP contribution in [0, 0.1) is 5.92 Å². The van der Waals surface area contributed by atoms with Crippen molar-refractivity contribution in [1.82, 2.24) is 10.6 Å². The molecular formula is C19H30ClN3O5. The highest BCUT2D eigenvalue weighted by molar-refractivity contribution is 5.89. The molecule has 0 saturated carbocycles. The van der Waals surface area contributed by atoms with Gasteiger partial charge in [-0.2, -0.15) is 0 Å². The van der Waals surface area contributed by atoms with E-state index in [-0.39, 0.29) is 31.4 Å². The Kier molecular flexibility index (Phi) is 12.6. The molecule has 0 heterocycles. The summed E-state index contributed by atoms with van der Waals surface area (Å²) in [5.41, 5.74) is 6.23. The number of hydrogen-bond donors (Lipinski definition) is 4. The summed E-state index contributed by atoms with van der Waals surface area (Å²) < 4.78 is 5.13. The fraction of sp³-hybridized carbons (Fsp3) is 0.526. The van der Waals surface area contributed by atoms with Gasteiger partial charge in [0.05, 0.1) is 0 Å². The van der Waals surface area contributed by atoms with Crippen molar-refractivity contribution < 1.29 is 24.2 Å². The van der Waals surface area contributed by atoms with Crippen molar-refractivity contribution in [2.45, 2.75) is 51.8 Å². The number of amides is 2. The van der Waals surface area contributed by atoms with E-state index in [4.69, 9.17) is 10.5 Å². The lowest BCUT2D eigenvalue weighted by molar-refractivity contribution is -0.142. The van der Waals surface area contributed by atoms with Crippen LogP contribution in [0.4, 0.5) is 4.79 Å². The van der Waals surface area contributed by atoms with Crippen LogP contribution in [0.5, 0.6) is 0 Å². The second kappa shape index (κ2) is 13.8. The van der Waals surface area contributed by atoms with Crippen LogP contribution in [0.2, 0.25) is 0 Å². The molecule has 2 amide bonds. The molecule has 0 aliphatic carbocycles. The summed E-state index contributed by atoms with van der Waals surface area (Å²) in [6.07, 6.45) is 0.814. The smallest absolute Gasteiger partial charge is 0.408 e. The largest absolute Gasteiger partial charge is 0.480 e. The molecule has 0 unspecified atom stereocenters. The summed E-state index contributed by atoms with van der Waals surface area (Å²) in [6, 6.07) is 7.24. The Hall–Kier alpha value is -2.32. The zero-order valence-corrected chi connectivity index (χ0v) is 17.0. The molecule has 0 spiro atoms. The molecule has 0 aliphatic heterocycles. The summed E-state index contributed by atoms with van der Waals surface area (Å²) in [5, 5.41) is 14.3. The molecule has 1 rings (SSSR count). The van der Waals surface area contributed by atoms with E-state index in [0.717, 1.165) is 5.56 Å². The van der Waals surface area contributed by atoms with Crippen molar-refractivity contribution in [3.63, 3.8) is 0 Å². The van der Waals surface area contributed by atoms with Crippen LogP contribution in [0.15, 0.2) is 30.3 Å². The Morgan fingerprint density at radius 2 is 1.75 bits per heavy atom. The molecule has 1 aromatic rings. The van der Waals surface area contributed by atoms with Crippen molar-refractivity contribution in [1.29, 1.82) is 0 Å². The minimum absolute atomic E-state index is 0. The number of ether oxygens (including phenoxy) is 1. The minimum Gasteiger partial charge on any atom is -0.480 e. The van der Waals surface area contributed by atoms with Crippen LogP contribution < -0.4 is 16.4 Å². The first-order chi connectivity index (χ1) is 12.8. The number of carboxylic acids is 1. The molecule has 28 heavy (non-hydrogen) atoms. The third-order valence-electron chi connectivity index (χ3n) is 4.00. The third kappa shape index (κ3) is 9.57. The fourth-order valence-corrected chi connectivity index (χ4v) is 2.44. The molecule has 0 radical (unpaired) electrons. The molecule has 0 fully saturated rings. The zero-order valence-electron chi connectivity index (χ0n) is 16.2. The highest BCUT2D eigenvalue weighted by atomic mass is 35.5. The number of carbonyl (C=O) groups excluding carboxylic acids is 2. The van der Waals surface area contributed by atoms with Crippen LogP contribution in [-0.2, 0) is 20.9 Å². The van der Waals surface area contributed by atoms with E-state index < -0.39 is 30.1 Å². The molecule has 9 heteroatoms. The topological polar surface area (TPSA) is 131 Å². The first kappa shape index (κ1) is 25.7. The number of nitrogens with one attached hydrogen (secondary N) is 2. The van der Waals surface area contributed by atoms with Crippen molar-refractivity contribution in [3.05, 3.63) is 35.9 Å². The number of rotatable bonds is 11. The van der Waals surface area contributed by atoms with E-state index in [1.165, 1.54) is 0 Å². The molecule has 8 nitrogen and oxygen atoms in total. The Morgan fingerprint density at radius 3 is 2.29 bits per heavy atom. The van der Waals surface area contributed by atoms with Gasteiger partial charge < -0.3 is 26.2 Å². The van der Waals surface area contributed by atoms with Gasteiger partial charge in [-0.1, -0.05) is 44.2 Å². The Labute approximate surface area is 171 Å². The first-order valence-corrected chi connectivity index (χ1v) is 9.05. The number of carboxylic acid groups (broad SMARTS) is 1. The van der Waals surface area contributed by atoms with Gasteiger partial charge in [-0.25, -0.2) is 9.59 Å². The molecule has 0 saturated heterocycles. The van der Waals surface area contributed by atoms with Gasteiger partial charge in [0.25, 0.3) is 0 Å². The van der Waals surface area contributed by atoms with Gasteiger partial charge in [0.2, 0.25) is 5.91 Å². The van der Waals surface area contributed by atoms with Gasteiger partial charge in [0.15, 0.2) is 0 Å². The Morgan fingerprint density at radius 1 is 1.11 bits per heavy atom. The summed E-state index contributed by atoms with van der Waals surface area (Å²) >= 11 is 0. The van der Waals surface area contributed by atoms with Crippen molar-refractivity contribution >= 4 is 30.4 Å². The summed E-state index contributed by atoms with van der Waals surface area (Å²) in [5.74, 6) is -1.91. The highest BCUT2D eigenvalue weighted by Crippen LogP contribution is 2.07. The first-order valence-electron chi connectivity index (χ1n) is 9.05. The maximum atomic E-state index is 12.5. The van der Waals surface area contributed by atoms with E-state index >= 15 is 0 Å². The van der Waals surface area contributed by atoms with E-state index in [2.05, 4.69) is 10.6 Å². The van der Waals surface area contributed by atoms with Gasteiger partial charge in [0, 0.05) is 0 Å². The SMILES string of the molecule is CC(C)[C@H](NC(=O)OCc1ccccc1)C(=O)N[C@@H](CCCCN)C(=O)O.Cl. The lowest BCUT2D eigenvalue weighted by Crippen LogP contribution is -2.53. The maximum Gasteiger partial charge on any atom is 0.408 e. The molecule has 0 aliphatic rings. The molecule has 0 bridgehead atoms. The van der Waals surface area contributed by atoms with Crippen LogP contribution in [0.3, 0.4) is 0 Å². The number of unbranched alkanes of at least 4 members (excludes halogenated alkanes) is 1. The van der Waals surface area contributed by atoms with Crippen molar-refractivity contribution in [2.75, 3.05) is 6.54 Å². The summed E-state index contributed by atoms with van der Waals surface area (Å²) in [7, 11) is 0. The summed E-state index contributed by atoms with van der Waals surface area (Å²) in [4.78, 5) is 35.8. The number of hydrogen-bond acceptors (Lipinski definition) is 5. The monoisotopic (exact) mass is 415 g/mol. The number of halogens is 1. The standard InChI is InChI=1S/C19H29N3O5.ClH/c1-13(2)16(17(23)21-15(18(24)25)10-6-7-11-20)22-19(26)27-12-14-8-4-3-5-9-14;/h3-5,8-9,13,15-16H,6-7,10-12,20H2,1-2H3,(H,21,23)(H,22,26)(H,24,25);1H/t15-,16-;/m0./s1. The van der Waals surface area contributed by atoms with Gasteiger partial charge in [-0.05, 0) is 37.3 Å². The predicted octanol–water partition coefficient (Wildman–Crippen LogP) is 2.06. The van der Waals surface area contributed by atoms with Crippen molar-refractivity contribution in [2.24, 2.45) is 11.7 Å². The lowest BCUT2D eigenvalue weighted by Gasteiger charge is -2.23. The maximum absolute atomic E-state index is 12.5. The van der Waals surface area contributed by atoms with Crippen molar-refractivity contribution in [3.8, 4) is 0 Å². The minimum atomic E-state index is -1.12. The average molecular weight is 416 g/mol. The van der Waals surface area contributed by atoms with E-state index in [0.29, 0.717) is 19.4 Å². The van der Waals surface area contributed by atoms with Gasteiger partial charge in [0.1, 0.15) is 18.7 Å². The second-order valence-electron chi connectivity index (χ2n) is 6.61. The Bertz CT molecular complexity index is 613. The molecule has 1 aromatic carbocycles. The van der Waals surface area contributed by atoms with E-state index in [1.54, 1.807) is 13.8 Å².